The summed E-state index contributed by atoms with van der Waals surface area (Å²) in [6.07, 6.45) is 1.03. The molecule has 2 aromatic rings. The van der Waals surface area contributed by atoms with E-state index in [9.17, 15) is 0 Å². The first-order valence-corrected chi connectivity index (χ1v) is 7.98. The Morgan fingerprint density at radius 3 is 2.77 bits per heavy atom. The lowest BCUT2D eigenvalue weighted by Gasteiger charge is -2.14. The van der Waals surface area contributed by atoms with Crippen LogP contribution in [-0.2, 0) is 6.54 Å². The molecule has 0 bridgehead atoms. The van der Waals surface area contributed by atoms with Crippen molar-refractivity contribution < 1.29 is 0 Å². The van der Waals surface area contributed by atoms with E-state index in [2.05, 4.69) is 64.1 Å². The molecule has 22 heavy (non-hydrogen) atoms. The minimum absolute atomic E-state index is 0.610. The molecule has 5 heteroatoms. The molecule has 0 atom stereocenters. The van der Waals surface area contributed by atoms with Gasteiger partial charge in [0.15, 0.2) is 5.96 Å². The highest BCUT2D eigenvalue weighted by Crippen LogP contribution is 2.15. The smallest absolute Gasteiger partial charge is 0.190 e. The van der Waals surface area contributed by atoms with Crippen molar-refractivity contribution in [1.82, 2.24) is 20.2 Å². The Bertz CT molecular complexity index is 627. The van der Waals surface area contributed by atoms with E-state index < -0.39 is 0 Å². The third kappa shape index (κ3) is 4.23. The molecule has 120 valence electrons. The van der Waals surface area contributed by atoms with E-state index in [-0.39, 0.29) is 0 Å². The number of aromatic nitrogens is 2. The number of fused-ring (bicyclic) bond motifs is 1. The molecule has 5 nitrogen and oxygen atoms in total. The Labute approximate surface area is 132 Å². The average Bonchev–Trinajstić information content (AvgIpc) is 2.82. The molecule has 0 saturated carbocycles. The molecule has 0 fully saturated rings. The summed E-state index contributed by atoms with van der Waals surface area (Å²) in [4.78, 5) is 8.84. The molecular weight excluding hydrogens is 274 g/mol. The summed E-state index contributed by atoms with van der Waals surface area (Å²) in [5.74, 6) is 2.56. The number of hydrogen-bond acceptors (Lipinski definition) is 2. The highest BCUT2D eigenvalue weighted by atomic mass is 15.2. The number of nitrogens with zero attached hydrogens (tertiary/aromatic N) is 3. The Balaban J connectivity index is 1.84. The second-order valence-corrected chi connectivity index (χ2v) is 5.93. The van der Waals surface area contributed by atoms with E-state index in [0.29, 0.717) is 5.92 Å². The fourth-order valence-electron chi connectivity index (χ4n) is 2.44. The van der Waals surface area contributed by atoms with Crippen LogP contribution in [0.5, 0.6) is 0 Å². The van der Waals surface area contributed by atoms with Crippen LogP contribution in [0.3, 0.4) is 0 Å². The van der Waals surface area contributed by atoms with Crippen LogP contribution in [0, 0.1) is 12.8 Å². The Hall–Kier alpha value is -2.04. The summed E-state index contributed by atoms with van der Waals surface area (Å²) < 4.78 is 2.28. The lowest BCUT2D eigenvalue weighted by atomic mass is 10.2. The molecule has 0 saturated heterocycles. The first kappa shape index (κ1) is 16.3. The zero-order chi connectivity index (χ0) is 15.9. The third-order valence-corrected chi connectivity index (χ3v) is 3.60. The summed E-state index contributed by atoms with van der Waals surface area (Å²) in [5.41, 5.74) is 2.28. The maximum atomic E-state index is 4.60. The number of rotatable bonds is 6. The van der Waals surface area contributed by atoms with E-state index >= 15 is 0 Å². The minimum Gasteiger partial charge on any atom is -0.356 e. The Morgan fingerprint density at radius 1 is 1.27 bits per heavy atom. The van der Waals surface area contributed by atoms with Gasteiger partial charge >= 0.3 is 0 Å². The van der Waals surface area contributed by atoms with Crippen LogP contribution in [0.15, 0.2) is 29.3 Å². The maximum absolute atomic E-state index is 4.60. The molecule has 2 rings (SSSR count). The molecule has 0 aliphatic rings. The van der Waals surface area contributed by atoms with Gasteiger partial charge in [-0.25, -0.2) is 4.98 Å². The predicted octanol–water partition coefficient (Wildman–Crippen LogP) is 2.56. The van der Waals surface area contributed by atoms with Gasteiger partial charge in [0.2, 0.25) is 0 Å². The van der Waals surface area contributed by atoms with E-state index in [4.69, 9.17) is 0 Å². The van der Waals surface area contributed by atoms with Crippen molar-refractivity contribution in [3.05, 3.63) is 30.1 Å². The van der Waals surface area contributed by atoms with Gasteiger partial charge in [0.05, 0.1) is 11.0 Å². The molecule has 0 aliphatic heterocycles. The largest absolute Gasteiger partial charge is 0.356 e. The van der Waals surface area contributed by atoms with Crippen molar-refractivity contribution in [2.24, 2.45) is 10.9 Å². The number of benzene rings is 1. The van der Waals surface area contributed by atoms with Crippen molar-refractivity contribution in [2.45, 2.75) is 33.7 Å². The van der Waals surface area contributed by atoms with Crippen molar-refractivity contribution >= 4 is 17.0 Å². The van der Waals surface area contributed by atoms with Crippen LogP contribution in [0.1, 0.15) is 26.1 Å². The number of aliphatic imine (C=N–C) groups is 1. The molecule has 0 radical (unpaired) electrons. The quantitative estimate of drug-likeness (QED) is 0.490. The van der Waals surface area contributed by atoms with Gasteiger partial charge in [0, 0.05) is 26.7 Å². The van der Waals surface area contributed by atoms with E-state index in [1.807, 2.05) is 13.1 Å². The Kier molecular flexibility index (Phi) is 5.81. The number of aryl methyl sites for hydroxylation is 2. The van der Waals surface area contributed by atoms with Gasteiger partial charge in [-0.1, -0.05) is 26.0 Å². The van der Waals surface area contributed by atoms with Crippen LogP contribution in [0.2, 0.25) is 0 Å². The lowest BCUT2D eigenvalue weighted by Crippen LogP contribution is -2.39. The third-order valence-electron chi connectivity index (χ3n) is 3.60. The summed E-state index contributed by atoms with van der Waals surface area (Å²) >= 11 is 0. The van der Waals surface area contributed by atoms with Crippen molar-refractivity contribution in [3.8, 4) is 0 Å². The van der Waals surface area contributed by atoms with Gasteiger partial charge in [-0.15, -0.1) is 0 Å². The Morgan fingerprint density at radius 2 is 2.05 bits per heavy atom. The fraction of sp³-hybridized carbons (Fsp3) is 0.529. The standard InChI is InChI=1S/C17H27N5/c1-13(2)12-20-17(18-4)19-10-7-11-22-14(3)21-15-8-5-6-9-16(15)22/h5-6,8-9,13H,7,10-12H2,1-4H3,(H2,18,19,20). The van der Waals surface area contributed by atoms with Crippen LogP contribution in [-0.4, -0.2) is 35.6 Å². The number of hydrogen-bond donors (Lipinski definition) is 2. The van der Waals surface area contributed by atoms with Crippen molar-refractivity contribution in [3.63, 3.8) is 0 Å². The fourth-order valence-corrected chi connectivity index (χ4v) is 2.44. The molecule has 0 amide bonds. The molecule has 0 spiro atoms. The van der Waals surface area contributed by atoms with E-state index in [1.54, 1.807) is 0 Å². The molecule has 1 heterocycles. The van der Waals surface area contributed by atoms with Crippen LogP contribution in [0.25, 0.3) is 11.0 Å². The zero-order valence-corrected chi connectivity index (χ0v) is 14.1. The number of imidazole rings is 1. The summed E-state index contributed by atoms with van der Waals surface area (Å²) in [7, 11) is 1.81. The second-order valence-electron chi connectivity index (χ2n) is 5.93. The van der Waals surface area contributed by atoms with Crippen molar-refractivity contribution in [2.75, 3.05) is 20.1 Å². The lowest BCUT2D eigenvalue weighted by molar-refractivity contribution is 0.599. The molecule has 0 aliphatic carbocycles. The highest BCUT2D eigenvalue weighted by molar-refractivity contribution is 5.79. The summed E-state index contributed by atoms with van der Waals surface area (Å²) in [5, 5.41) is 6.68. The normalized spacial score (nSPS) is 12.1. The maximum Gasteiger partial charge on any atom is 0.190 e. The summed E-state index contributed by atoms with van der Waals surface area (Å²) in [6, 6.07) is 8.29. The monoisotopic (exact) mass is 301 g/mol. The SMILES string of the molecule is CN=C(NCCCn1c(C)nc2ccccc21)NCC(C)C. The molecule has 1 aromatic carbocycles. The summed E-state index contributed by atoms with van der Waals surface area (Å²) in [6.45, 7) is 9.23. The topological polar surface area (TPSA) is 54.2 Å². The second kappa shape index (κ2) is 7.82. The van der Waals surface area contributed by atoms with Gasteiger partial charge in [-0.3, -0.25) is 4.99 Å². The van der Waals surface area contributed by atoms with Crippen LogP contribution in [0.4, 0.5) is 0 Å². The van der Waals surface area contributed by atoms with Gasteiger partial charge in [-0.05, 0) is 31.4 Å². The molecular formula is C17H27N5. The van der Waals surface area contributed by atoms with E-state index in [1.165, 1.54) is 5.52 Å². The first-order valence-electron chi connectivity index (χ1n) is 7.98. The number of para-hydroxylation sites is 2. The first-order chi connectivity index (χ1) is 10.6. The number of guanidine groups is 1. The van der Waals surface area contributed by atoms with Crippen molar-refractivity contribution in [1.29, 1.82) is 0 Å². The molecule has 2 N–H and O–H groups in total. The molecule has 1 aromatic heterocycles. The van der Waals surface area contributed by atoms with Crippen LogP contribution < -0.4 is 10.6 Å². The van der Waals surface area contributed by atoms with Gasteiger partial charge in [-0.2, -0.15) is 0 Å². The molecule has 0 unspecified atom stereocenters. The number of nitrogens with one attached hydrogen (secondary N) is 2. The van der Waals surface area contributed by atoms with Crippen LogP contribution >= 0.6 is 0 Å². The van der Waals surface area contributed by atoms with E-state index in [0.717, 1.165) is 43.4 Å². The highest BCUT2D eigenvalue weighted by Gasteiger charge is 2.06. The van der Waals surface area contributed by atoms with Gasteiger partial charge in [0.25, 0.3) is 0 Å². The zero-order valence-electron chi connectivity index (χ0n) is 14.1. The minimum atomic E-state index is 0.610. The van der Waals surface area contributed by atoms with Gasteiger partial charge < -0.3 is 15.2 Å². The average molecular weight is 301 g/mol. The predicted molar refractivity (Wildman–Crippen MR) is 93.3 cm³/mol. The van der Waals surface area contributed by atoms with Gasteiger partial charge in [0.1, 0.15) is 5.82 Å².